The molecule has 1 rings (SSSR count). The van der Waals surface area contributed by atoms with Crippen LogP contribution in [0.4, 0.5) is 4.79 Å². The minimum Gasteiger partial charge on any atom is -0.352 e. The molecular formula is C11H22N2O. The highest BCUT2D eigenvalue weighted by Gasteiger charge is 2.14. The number of carbonyl (C=O) groups is 1. The Kier molecular flexibility index (Phi) is 4.77. The van der Waals surface area contributed by atoms with Gasteiger partial charge in [-0.15, -0.1) is 0 Å². The summed E-state index contributed by atoms with van der Waals surface area (Å²) < 4.78 is 0. The first-order chi connectivity index (χ1) is 6.68. The number of urea groups is 1. The number of hydrogen-bond donors (Lipinski definition) is 2. The fraction of sp³-hybridized carbons (Fsp3) is 0.909. The lowest BCUT2D eigenvalue weighted by molar-refractivity contribution is 0.243. The zero-order valence-electron chi connectivity index (χ0n) is 9.09. The highest BCUT2D eigenvalue weighted by Crippen LogP contribution is 2.27. The highest BCUT2D eigenvalue weighted by molar-refractivity contribution is 5.71. The molecule has 1 unspecified atom stereocenters. The van der Waals surface area contributed by atoms with Crippen molar-refractivity contribution in [3.8, 4) is 0 Å². The molecule has 1 saturated carbocycles. The predicted octanol–water partition coefficient (Wildman–Crippen LogP) is 2.40. The second-order valence-electron chi connectivity index (χ2n) is 4.49. The van der Waals surface area contributed by atoms with E-state index in [2.05, 4.69) is 5.32 Å². The largest absolute Gasteiger partial charge is 0.352 e. The van der Waals surface area contributed by atoms with Crippen molar-refractivity contribution < 1.29 is 4.79 Å². The Bertz CT molecular complexity index is 176. The minimum absolute atomic E-state index is 0.231. The second kappa shape index (κ2) is 5.89. The Morgan fingerprint density at radius 1 is 1.43 bits per heavy atom. The summed E-state index contributed by atoms with van der Waals surface area (Å²) in [5.74, 6) is 0.890. The second-order valence-corrected chi connectivity index (χ2v) is 4.49. The summed E-state index contributed by atoms with van der Waals surface area (Å²) in [7, 11) is 0. The molecule has 14 heavy (non-hydrogen) atoms. The Morgan fingerprint density at radius 3 is 2.64 bits per heavy atom. The van der Waals surface area contributed by atoms with E-state index in [-0.39, 0.29) is 6.04 Å². The van der Waals surface area contributed by atoms with Crippen molar-refractivity contribution in [2.24, 2.45) is 11.7 Å². The number of carbonyl (C=O) groups excluding carboxylic acids is 1. The molecule has 0 aliphatic heterocycles. The summed E-state index contributed by atoms with van der Waals surface area (Å²) in [6.45, 7) is 2.02. The molecule has 0 radical (unpaired) electrons. The van der Waals surface area contributed by atoms with Gasteiger partial charge < -0.3 is 11.1 Å². The van der Waals surface area contributed by atoms with Crippen LogP contribution in [0.25, 0.3) is 0 Å². The van der Waals surface area contributed by atoms with Crippen LogP contribution in [-0.2, 0) is 0 Å². The molecule has 1 atom stereocenters. The molecule has 3 heteroatoms. The summed E-state index contributed by atoms with van der Waals surface area (Å²) >= 11 is 0. The Balaban J connectivity index is 2.09. The van der Waals surface area contributed by atoms with Gasteiger partial charge in [-0.05, 0) is 25.7 Å². The molecule has 3 nitrogen and oxygen atoms in total. The molecule has 0 aromatic heterocycles. The van der Waals surface area contributed by atoms with E-state index in [0.717, 1.165) is 12.3 Å². The van der Waals surface area contributed by atoms with E-state index in [1.807, 2.05) is 6.92 Å². The molecule has 82 valence electrons. The molecule has 1 aliphatic carbocycles. The third-order valence-corrected chi connectivity index (χ3v) is 3.12. The molecular weight excluding hydrogens is 176 g/mol. The molecule has 1 aliphatic rings. The van der Waals surface area contributed by atoms with E-state index in [1.54, 1.807) is 0 Å². The van der Waals surface area contributed by atoms with Crippen molar-refractivity contribution in [3.05, 3.63) is 0 Å². The maximum Gasteiger partial charge on any atom is 0.312 e. The minimum atomic E-state index is -0.402. The van der Waals surface area contributed by atoms with Gasteiger partial charge >= 0.3 is 6.03 Å². The maximum atomic E-state index is 10.6. The van der Waals surface area contributed by atoms with Crippen molar-refractivity contribution in [1.29, 1.82) is 0 Å². The molecule has 0 bridgehead atoms. The van der Waals surface area contributed by atoms with E-state index in [4.69, 9.17) is 5.73 Å². The Labute approximate surface area is 86.4 Å². The van der Waals surface area contributed by atoms with Crippen molar-refractivity contribution in [1.82, 2.24) is 5.32 Å². The summed E-state index contributed by atoms with van der Waals surface area (Å²) in [6, 6.07) is -0.171. The van der Waals surface area contributed by atoms with Gasteiger partial charge in [0, 0.05) is 6.04 Å². The molecule has 0 aromatic rings. The van der Waals surface area contributed by atoms with Gasteiger partial charge in [0.05, 0.1) is 0 Å². The summed E-state index contributed by atoms with van der Waals surface area (Å²) in [6.07, 6.45) is 9.25. The smallest absolute Gasteiger partial charge is 0.312 e. The molecule has 0 saturated heterocycles. The van der Waals surface area contributed by atoms with E-state index < -0.39 is 6.03 Å². The van der Waals surface area contributed by atoms with Crippen LogP contribution < -0.4 is 11.1 Å². The first-order valence-electron chi connectivity index (χ1n) is 5.74. The lowest BCUT2D eigenvalue weighted by atomic mass is 9.85. The van der Waals surface area contributed by atoms with Crippen molar-refractivity contribution >= 4 is 6.03 Å². The maximum absolute atomic E-state index is 10.6. The number of hydrogen-bond acceptors (Lipinski definition) is 1. The molecule has 3 N–H and O–H groups in total. The normalized spacial score (nSPS) is 20.4. The molecule has 1 fully saturated rings. The van der Waals surface area contributed by atoms with Crippen molar-refractivity contribution in [3.63, 3.8) is 0 Å². The lowest BCUT2D eigenvalue weighted by Gasteiger charge is -2.23. The van der Waals surface area contributed by atoms with Crippen LogP contribution in [0, 0.1) is 5.92 Å². The van der Waals surface area contributed by atoms with Gasteiger partial charge in [0.1, 0.15) is 0 Å². The van der Waals surface area contributed by atoms with Crippen LogP contribution in [0.3, 0.4) is 0 Å². The van der Waals surface area contributed by atoms with Crippen molar-refractivity contribution in [2.75, 3.05) is 0 Å². The van der Waals surface area contributed by atoms with Crippen LogP contribution >= 0.6 is 0 Å². The van der Waals surface area contributed by atoms with Crippen LogP contribution in [-0.4, -0.2) is 12.1 Å². The summed E-state index contributed by atoms with van der Waals surface area (Å²) in [5, 5.41) is 2.72. The average molecular weight is 198 g/mol. The SMILES string of the molecule is CC(CCC1CCCCC1)NC(N)=O. The van der Waals surface area contributed by atoms with Gasteiger partial charge in [-0.3, -0.25) is 0 Å². The summed E-state index contributed by atoms with van der Waals surface area (Å²) in [4.78, 5) is 10.6. The standard InChI is InChI=1S/C11H22N2O/c1-9(13-11(12)14)7-8-10-5-3-2-4-6-10/h9-10H,2-8H2,1H3,(H3,12,13,14). The Morgan fingerprint density at radius 2 is 2.07 bits per heavy atom. The number of rotatable bonds is 4. The number of nitrogens with two attached hydrogens (primary N) is 1. The summed E-state index contributed by atoms with van der Waals surface area (Å²) in [5.41, 5.74) is 5.05. The monoisotopic (exact) mass is 198 g/mol. The third-order valence-electron chi connectivity index (χ3n) is 3.12. The van der Waals surface area contributed by atoms with Crippen LogP contribution in [0.1, 0.15) is 51.9 Å². The van der Waals surface area contributed by atoms with E-state index in [0.29, 0.717) is 0 Å². The number of amides is 2. The van der Waals surface area contributed by atoms with Crippen molar-refractivity contribution in [2.45, 2.75) is 57.9 Å². The predicted molar refractivity (Wildman–Crippen MR) is 58.0 cm³/mol. The Hall–Kier alpha value is -0.730. The van der Waals surface area contributed by atoms with E-state index in [1.165, 1.54) is 38.5 Å². The average Bonchev–Trinajstić information content (AvgIpc) is 2.15. The van der Waals surface area contributed by atoms with E-state index in [9.17, 15) is 4.79 Å². The lowest BCUT2D eigenvalue weighted by Crippen LogP contribution is -2.36. The third kappa shape index (κ3) is 4.49. The fourth-order valence-corrected chi connectivity index (χ4v) is 2.28. The first-order valence-corrected chi connectivity index (χ1v) is 5.74. The van der Waals surface area contributed by atoms with Gasteiger partial charge in [-0.2, -0.15) is 0 Å². The fourth-order valence-electron chi connectivity index (χ4n) is 2.28. The molecule has 0 spiro atoms. The van der Waals surface area contributed by atoms with E-state index >= 15 is 0 Å². The zero-order valence-corrected chi connectivity index (χ0v) is 9.09. The number of primary amides is 1. The van der Waals surface area contributed by atoms with Crippen LogP contribution in [0.15, 0.2) is 0 Å². The van der Waals surface area contributed by atoms with Gasteiger partial charge in [0.2, 0.25) is 0 Å². The van der Waals surface area contributed by atoms with Gasteiger partial charge in [-0.25, -0.2) is 4.79 Å². The zero-order chi connectivity index (χ0) is 10.4. The topological polar surface area (TPSA) is 55.1 Å². The van der Waals surface area contributed by atoms with Gasteiger partial charge in [0.25, 0.3) is 0 Å². The first kappa shape index (κ1) is 11.3. The molecule has 2 amide bonds. The highest BCUT2D eigenvalue weighted by atomic mass is 16.2. The number of nitrogens with one attached hydrogen (secondary N) is 1. The quantitative estimate of drug-likeness (QED) is 0.716. The van der Waals surface area contributed by atoms with Gasteiger partial charge in [0.15, 0.2) is 0 Å². The molecule has 0 heterocycles. The molecule has 0 aromatic carbocycles. The van der Waals surface area contributed by atoms with Gasteiger partial charge in [-0.1, -0.05) is 32.1 Å². The van der Waals surface area contributed by atoms with Crippen LogP contribution in [0.5, 0.6) is 0 Å². The van der Waals surface area contributed by atoms with Crippen LogP contribution in [0.2, 0.25) is 0 Å².